The van der Waals surface area contributed by atoms with Gasteiger partial charge >= 0.3 is 0 Å². The molecule has 0 aliphatic carbocycles. The lowest BCUT2D eigenvalue weighted by Gasteiger charge is -2.07. The van der Waals surface area contributed by atoms with Crippen LogP contribution in [0.3, 0.4) is 0 Å². The summed E-state index contributed by atoms with van der Waals surface area (Å²) in [4.78, 5) is 11.0. The Morgan fingerprint density at radius 2 is 2.31 bits per heavy atom. The lowest BCUT2D eigenvalue weighted by Crippen LogP contribution is -2.34. The van der Waals surface area contributed by atoms with Crippen LogP contribution >= 0.6 is 0 Å². The van der Waals surface area contributed by atoms with Crippen LogP contribution in [0.25, 0.3) is 0 Å². The Hall–Kier alpha value is -1.05. The highest BCUT2D eigenvalue weighted by Gasteiger charge is 2.03. The van der Waals surface area contributed by atoms with E-state index in [4.69, 9.17) is 15.9 Å². The number of methoxy groups -OCH3 is 1. The van der Waals surface area contributed by atoms with Gasteiger partial charge in [0.25, 0.3) is 0 Å². The molecular weight excluding hydrogens is 170 g/mol. The van der Waals surface area contributed by atoms with Crippen molar-refractivity contribution in [1.82, 2.24) is 5.32 Å². The Balaban J connectivity index is 3.36. The molecule has 0 radical (unpaired) electrons. The molecule has 0 saturated carbocycles. The summed E-state index contributed by atoms with van der Waals surface area (Å²) in [5.41, 5.74) is 0. The molecule has 13 heavy (non-hydrogen) atoms. The lowest BCUT2D eigenvalue weighted by molar-refractivity contribution is -0.126. The van der Waals surface area contributed by atoms with Crippen molar-refractivity contribution in [2.75, 3.05) is 26.9 Å². The number of carbonyl (C=O) groups excluding carboxylic acids is 1. The number of amides is 1. The third kappa shape index (κ3) is 7.32. The van der Waals surface area contributed by atoms with E-state index in [1.165, 1.54) is 0 Å². The first-order valence-electron chi connectivity index (χ1n) is 4.03. The summed E-state index contributed by atoms with van der Waals surface area (Å²) in [7, 11) is 1.57. The highest BCUT2D eigenvalue weighted by Crippen LogP contribution is 1.80. The highest BCUT2D eigenvalue weighted by molar-refractivity contribution is 5.77. The van der Waals surface area contributed by atoms with Crippen molar-refractivity contribution in [2.24, 2.45) is 0 Å². The van der Waals surface area contributed by atoms with Gasteiger partial charge in [-0.3, -0.25) is 4.79 Å². The number of hydrogen-bond acceptors (Lipinski definition) is 3. The molecule has 0 heterocycles. The van der Waals surface area contributed by atoms with Crippen molar-refractivity contribution in [2.45, 2.75) is 13.0 Å². The van der Waals surface area contributed by atoms with Crippen LogP contribution in [0.5, 0.6) is 0 Å². The Labute approximate surface area is 78.6 Å². The molecule has 0 bridgehead atoms. The van der Waals surface area contributed by atoms with Crippen LogP contribution in [0.1, 0.15) is 6.92 Å². The monoisotopic (exact) mass is 185 g/mol. The molecule has 0 saturated heterocycles. The summed E-state index contributed by atoms with van der Waals surface area (Å²) in [6.07, 6.45) is 5.07. The van der Waals surface area contributed by atoms with Gasteiger partial charge in [-0.15, -0.1) is 6.42 Å². The molecule has 0 spiro atoms. The summed E-state index contributed by atoms with van der Waals surface area (Å²) in [6, 6.07) is -0.251. The molecule has 0 fully saturated rings. The number of hydrogen-bond donors (Lipinski definition) is 1. The molecule has 4 nitrogen and oxygen atoms in total. The highest BCUT2D eigenvalue weighted by atomic mass is 16.5. The largest absolute Gasteiger partial charge is 0.382 e. The van der Waals surface area contributed by atoms with E-state index >= 15 is 0 Å². The van der Waals surface area contributed by atoms with Crippen molar-refractivity contribution in [1.29, 1.82) is 0 Å². The summed E-state index contributed by atoms with van der Waals surface area (Å²) < 4.78 is 9.71. The van der Waals surface area contributed by atoms with Crippen LogP contribution < -0.4 is 5.32 Å². The maximum absolute atomic E-state index is 11.0. The fraction of sp³-hybridized carbons (Fsp3) is 0.667. The second-order valence-corrected chi connectivity index (χ2v) is 2.50. The van der Waals surface area contributed by atoms with Crippen molar-refractivity contribution >= 4 is 5.91 Å². The van der Waals surface area contributed by atoms with Gasteiger partial charge in [-0.25, -0.2) is 0 Å². The summed E-state index contributed by atoms with van der Waals surface area (Å²) >= 11 is 0. The molecule has 1 atom stereocenters. The molecule has 1 unspecified atom stereocenters. The molecule has 0 aliphatic rings. The third-order valence-corrected chi connectivity index (χ3v) is 1.29. The van der Waals surface area contributed by atoms with E-state index in [0.29, 0.717) is 13.2 Å². The van der Waals surface area contributed by atoms with Gasteiger partial charge in [0.2, 0.25) is 5.91 Å². The minimum atomic E-state index is -0.251. The molecule has 0 aromatic rings. The van der Waals surface area contributed by atoms with E-state index in [-0.39, 0.29) is 18.6 Å². The molecule has 4 heteroatoms. The van der Waals surface area contributed by atoms with Gasteiger partial charge in [0, 0.05) is 7.11 Å². The maximum Gasteiger partial charge on any atom is 0.246 e. The first-order chi connectivity index (χ1) is 6.20. The zero-order valence-corrected chi connectivity index (χ0v) is 8.00. The van der Waals surface area contributed by atoms with Crippen LogP contribution in [0.2, 0.25) is 0 Å². The molecule has 0 aromatic carbocycles. The molecule has 74 valence electrons. The van der Waals surface area contributed by atoms with Crippen molar-refractivity contribution in [3.63, 3.8) is 0 Å². The number of carbonyl (C=O) groups is 1. The first kappa shape index (κ1) is 11.9. The molecule has 1 N–H and O–H groups in total. The van der Waals surface area contributed by atoms with Gasteiger partial charge in [0.05, 0.1) is 19.3 Å². The van der Waals surface area contributed by atoms with Crippen LogP contribution in [0.15, 0.2) is 0 Å². The Morgan fingerprint density at radius 1 is 1.62 bits per heavy atom. The van der Waals surface area contributed by atoms with E-state index in [1.807, 2.05) is 0 Å². The Bertz CT molecular complexity index is 186. The second-order valence-electron chi connectivity index (χ2n) is 2.50. The predicted molar refractivity (Wildman–Crippen MR) is 49.1 cm³/mol. The minimum absolute atomic E-state index is 0.0232. The number of ether oxygens (including phenoxy) is 2. The molecule has 0 rings (SSSR count). The first-order valence-corrected chi connectivity index (χ1v) is 4.03. The normalized spacial score (nSPS) is 11.8. The third-order valence-electron chi connectivity index (χ3n) is 1.29. The molecule has 0 aliphatic heterocycles. The maximum atomic E-state index is 11.0. The molecular formula is C9H15NO3. The lowest BCUT2D eigenvalue weighted by atomic mass is 10.3. The SMILES string of the molecule is C#CC(C)NC(=O)COCCOC. The molecule has 1 amide bonds. The molecule has 0 aromatic heterocycles. The standard InChI is InChI=1S/C9H15NO3/c1-4-8(2)10-9(11)7-13-6-5-12-3/h1,8H,5-7H2,2-3H3,(H,10,11). The van der Waals surface area contributed by atoms with Gasteiger partial charge in [-0.2, -0.15) is 0 Å². The summed E-state index contributed by atoms with van der Waals surface area (Å²) in [5, 5.41) is 2.57. The van der Waals surface area contributed by atoms with Crippen LogP contribution in [0, 0.1) is 12.3 Å². The van der Waals surface area contributed by atoms with E-state index in [0.717, 1.165) is 0 Å². The van der Waals surface area contributed by atoms with Gasteiger partial charge < -0.3 is 14.8 Å². The van der Waals surface area contributed by atoms with Crippen LogP contribution in [-0.2, 0) is 14.3 Å². The number of nitrogens with one attached hydrogen (secondary N) is 1. The van der Waals surface area contributed by atoms with Gasteiger partial charge in [-0.1, -0.05) is 5.92 Å². The van der Waals surface area contributed by atoms with Crippen molar-refractivity contribution < 1.29 is 14.3 Å². The average Bonchev–Trinajstić information content (AvgIpc) is 2.12. The van der Waals surface area contributed by atoms with E-state index in [2.05, 4.69) is 11.2 Å². The van der Waals surface area contributed by atoms with Crippen LogP contribution in [-0.4, -0.2) is 38.9 Å². The Morgan fingerprint density at radius 3 is 2.85 bits per heavy atom. The smallest absolute Gasteiger partial charge is 0.246 e. The van der Waals surface area contributed by atoms with E-state index in [9.17, 15) is 4.79 Å². The predicted octanol–water partition coefficient (Wildman–Crippen LogP) is -0.213. The zero-order chi connectivity index (χ0) is 10.1. The minimum Gasteiger partial charge on any atom is -0.382 e. The topological polar surface area (TPSA) is 47.6 Å². The second kappa shape index (κ2) is 7.59. The van der Waals surface area contributed by atoms with Crippen molar-refractivity contribution in [3.8, 4) is 12.3 Å². The quantitative estimate of drug-likeness (QED) is 0.460. The van der Waals surface area contributed by atoms with Crippen LogP contribution in [0.4, 0.5) is 0 Å². The summed E-state index contributed by atoms with van der Waals surface area (Å²) in [6.45, 7) is 2.65. The zero-order valence-electron chi connectivity index (χ0n) is 8.00. The van der Waals surface area contributed by atoms with E-state index < -0.39 is 0 Å². The van der Waals surface area contributed by atoms with Gasteiger partial charge in [0.15, 0.2) is 0 Å². The fourth-order valence-electron chi connectivity index (χ4n) is 0.632. The Kier molecular flexibility index (Phi) is 6.98. The number of terminal acetylenes is 1. The van der Waals surface area contributed by atoms with Gasteiger partial charge in [-0.05, 0) is 6.92 Å². The van der Waals surface area contributed by atoms with E-state index in [1.54, 1.807) is 14.0 Å². The van der Waals surface area contributed by atoms with Crippen molar-refractivity contribution in [3.05, 3.63) is 0 Å². The average molecular weight is 185 g/mol. The summed E-state index contributed by atoms with van der Waals surface area (Å²) in [5.74, 6) is 2.18. The number of rotatable bonds is 6. The van der Waals surface area contributed by atoms with Gasteiger partial charge in [0.1, 0.15) is 6.61 Å². The fourth-order valence-corrected chi connectivity index (χ4v) is 0.632.